The Morgan fingerprint density at radius 3 is 2.30 bits per heavy atom. The zero-order chi connectivity index (χ0) is 14.7. The molecule has 0 radical (unpaired) electrons. The van der Waals surface area contributed by atoms with E-state index in [0.717, 1.165) is 5.56 Å². The average Bonchev–Trinajstić information content (AvgIpc) is 2.41. The molecule has 1 heterocycles. The molecule has 0 spiro atoms. The minimum absolute atomic E-state index is 0.109. The zero-order valence-electron chi connectivity index (χ0n) is 11.3. The van der Waals surface area contributed by atoms with Gasteiger partial charge >= 0.3 is 0 Å². The lowest BCUT2D eigenvalue weighted by molar-refractivity contribution is 0.460. The number of anilines is 1. The predicted molar refractivity (Wildman–Crippen MR) is 71.9 cm³/mol. The van der Waals surface area contributed by atoms with Crippen molar-refractivity contribution >= 4 is 5.82 Å². The highest BCUT2D eigenvalue weighted by atomic mass is 19.2. The number of pyridine rings is 1. The van der Waals surface area contributed by atoms with Crippen molar-refractivity contribution in [2.75, 3.05) is 4.90 Å². The summed E-state index contributed by atoms with van der Waals surface area (Å²) in [5.74, 6) is -3.62. The second-order valence-electron chi connectivity index (χ2n) is 4.77. The lowest BCUT2D eigenvalue weighted by Gasteiger charge is -2.28. The van der Waals surface area contributed by atoms with Gasteiger partial charge in [0.25, 0.3) is 5.95 Å². The summed E-state index contributed by atoms with van der Waals surface area (Å²) < 4.78 is 40.0. The van der Waals surface area contributed by atoms with Crippen LogP contribution in [0.1, 0.15) is 19.4 Å². The van der Waals surface area contributed by atoms with Gasteiger partial charge in [-0.1, -0.05) is 30.3 Å². The number of hydrogen-bond acceptors (Lipinski definition) is 2. The number of benzene rings is 1. The standard InChI is InChI=1S/C15H15F3N2/c1-10(2)20(9-11-6-4-3-5-7-11)15-13(17)8-12(16)14(18)19-15/h3-8,10H,9H2,1-2H3. The third kappa shape index (κ3) is 3.10. The van der Waals surface area contributed by atoms with Crippen molar-refractivity contribution in [1.29, 1.82) is 0 Å². The maximum Gasteiger partial charge on any atom is 0.251 e. The van der Waals surface area contributed by atoms with Crippen LogP contribution in [0.3, 0.4) is 0 Å². The van der Waals surface area contributed by atoms with Crippen LogP contribution in [0.4, 0.5) is 19.0 Å². The molecule has 0 saturated carbocycles. The second-order valence-corrected chi connectivity index (χ2v) is 4.77. The molecule has 0 aliphatic heterocycles. The van der Waals surface area contributed by atoms with E-state index in [1.54, 1.807) is 4.90 Å². The van der Waals surface area contributed by atoms with Crippen LogP contribution in [0.2, 0.25) is 0 Å². The molecule has 2 nitrogen and oxygen atoms in total. The zero-order valence-corrected chi connectivity index (χ0v) is 11.3. The van der Waals surface area contributed by atoms with E-state index >= 15 is 0 Å². The fourth-order valence-electron chi connectivity index (χ4n) is 1.92. The molecule has 0 fully saturated rings. The predicted octanol–water partition coefficient (Wildman–Crippen LogP) is 3.91. The van der Waals surface area contributed by atoms with E-state index in [0.29, 0.717) is 12.6 Å². The Hall–Kier alpha value is -2.04. The van der Waals surface area contributed by atoms with Crippen LogP contribution in [0, 0.1) is 17.6 Å². The number of halogens is 3. The van der Waals surface area contributed by atoms with Crippen LogP contribution in [-0.4, -0.2) is 11.0 Å². The van der Waals surface area contributed by atoms with Gasteiger partial charge in [0, 0.05) is 18.7 Å². The van der Waals surface area contributed by atoms with E-state index < -0.39 is 17.6 Å². The molecule has 20 heavy (non-hydrogen) atoms. The van der Waals surface area contributed by atoms with E-state index in [2.05, 4.69) is 4.98 Å². The maximum absolute atomic E-state index is 13.8. The lowest BCUT2D eigenvalue weighted by Crippen LogP contribution is -2.32. The Bertz CT molecular complexity index is 585. The monoisotopic (exact) mass is 280 g/mol. The molecule has 2 aromatic rings. The van der Waals surface area contributed by atoms with Crippen LogP contribution in [0.25, 0.3) is 0 Å². The summed E-state index contributed by atoms with van der Waals surface area (Å²) in [5.41, 5.74) is 0.937. The number of aromatic nitrogens is 1. The molecule has 5 heteroatoms. The normalized spacial score (nSPS) is 10.9. The Morgan fingerprint density at radius 1 is 1.05 bits per heavy atom. The fourth-order valence-corrected chi connectivity index (χ4v) is 1.92. The van der Waals surface area contributed by atoms with E-state index in [-0.39, 0.29) is 11.9 Å². The first-order valence-corrected chi connectivity index (χ1v) is 6.31. The van der Waals surface area contributed by atoms with Crippen molar-refractivity contribution in [2.45, 2.75) is 26.4 Å². The van der Waals surface area contributed by atoms with Gasteiger partial charge in [-0.3, -0.25) is 0 Å². The van der Waals surface area contributed by atoms with Gasteiger partial charge in [-0.05, 0) is 19.4 Å². The third-order valence-corrected chi connectivity index (χ3v) is 2.96. The Labute approximate surface area is 115 Å². The first-order valence-electron chi connectivity index (χ1n) is 6.31. The summed E-state index contributed by atoms with van der Waals surface area (Å²) in [7, 11) is 0. The molecule has 0 N–H and O–H groups in total. The first-order chi connectivity index (χ1) is 9.49. The molecule has 0 amide bonds. The largest absolute Gasteiger partial charge is 0.347 e. The molecule has 106 valence electrons. The van der Waals surface area contributed by atoms with E-state index in [4.69, 9.17) is 0 Å². The first kappa shape index (κ1) is 14.4. The minimum atomic E-state index is -1.29. The molecule has 0 bridgehead atoms. The molecule has 0 saturated heterocycles. The van der Waals surface area contributed by atoms with Gasteiger partial charge in [0.2, 0.25) is 0 Å². The number of rotatable bonds is 4. The van der Waals surface area contributed by atoms with Gasteiger partial charge in [0.1, 0.15) is 0 Å². The highest BCUT2D eigenvalue weighted by molar-refractivity contribution is 5.42. The fraction of sp³-hybridized carbons (Fsp3) is 0.267. The van der Waals surface area contributed by atoms with Crippen molar-refractivity contribution in [2.24, 2.45) is 0 Å². The lowest BCUT2D eigenvalue weighted by atomic mass is 10.2. The van der Waals surface area contributed by atoms with Gasteiger partial charge < -0.3 is 4.90 Å². The molecule has 0 unspecified atom stereocenters. The van der Waals surface area contributed by atoms with Gasteiger partial charge in [-0.2, -0.15) is 9.37 Å². The van der Waals surface area contributed by atoms with Crippen molar-refractivity contribution < 1.29 is 13.2 Å². The van der Waals surface area contributed by atoms with Crippen LogP contribution < -0.4 is 4.90 Å². The van der Waals surface area contributed by atoms with Crippen molar-refractivity contribution in [3.63, 3.8) is 0 Å². The van der Waals surface area contributed by atoms with Crippen LogP contribution in [-0.2, 0) is 6.54 Å². The summed E-state index contributed by atoms with van der Waals surface area (Å²) in [6.45, 7) is 4.05. The molecule has 2 rings (SSSR count). The Kier molecular flexibility index (Phi) is 4.27. The average molecular weight is 280 g/mol. The van der Waals surface area contributed by atoms with Crippen molar-refractivity contribution in [3.05, 3.63) is 59.5 Å². The quantitative estimate of drug-likeness (QED) is 0.789. The molecule has 1 aromatic heterocycles. The Morgan fingerprint density at radius 2 is 1.70 bits per heavy atom. The topological polar surface area (TPSA) is 16.1 Å². The Balaban J connectivity index is 2.37. The van der Waals surface area contributed by atoms with Gasteiger partial charge in [-0.25, -0.2) is 8.78 Å². The van der Waals surface area contributed by atoms with E-state index in [1.165, 1.54) is 0 Å². The van der Waals surface area contributed by atoms with Crippen LogP contribution >= 0.6 is 0 Å². The number of nitrogens with zero attached hydrogens (tertiary/aromatic N) is 2. The SMILES string of the molecule is CC(C)N(Cc1ccccc1)c1nc(F)c(F)cc1F. The minimum Gasteiger partial charge on any atom is -0.347 e. The molecular formula is C15H15F3N2. The van der Waals surface area contributed by atoms with Crippen LogP contribution in [0.15, 0.2) is 36.4 Å². The molecular weight excluding hydrogens is 265 g/mol. The number of hydrogen-bond donors (Lipinski definition) is 0. The van der Waals surface area contributed by atoms with E-state index in [1.807, 2.05) is 44.2 Å². The van der Waals surface area contributed by atoms with Crippen LogP contribution in [0.5, 0.6) is 0 Å². The van der Waals surface area contributed by atoms with Gasteiger partial charge in [-0.15, -0.1) is 0 Å². The smallest absolute Gasteiger partial charge is 0.251 e. The second kappa shape index (κ2) is 5.94. The summed E-state index contributed by atoms with van der Waals surface area (Å²) in [6, 6.07) is 9.78. The maximum atomic E-state index is 13.8. The van der Waals surface area contributed by atoms with Crippen molar-refractivity contribution in [1.82, 2.24) is 4.98 Å². The van der Waals surface area contributed by atoms with E-state index in [9.17, 15) is 13.2 Å². The summed E-state index contributed by atoms with van der Waals surface area (Å²) >= 11 is 0. The molecule has 1 aromatic carbocycles. The van der Waals surface area contributed by atoms with Gasteiger partial charge in [0.15, 0.2) is 17.5 Å². The highest BCUT2D eigenvalue weighted by Gasteiger charge is 2.20. The molecule has 0 aliphatic rings. The molecule has 0 atom stereocenters. The highest BCUT2D eigenvalue weighted by Crippen LogP contribution is 2.23. The summed E-state index contributed by atoms with van der Waals surface area (Å²) in [6.07, 6.45) is 0. The summed E-state index contributed by atoms with van der Waals surface area (Å²) in [5, 5.41) is 0. The van der Waals surface area contributed by atoms with Gasteiger partial charge in [0.05, 0.1) is 0 Å². The third-order valence-electron chi connectivity index (χ3n) is 2.96. The van der Waals surface area contributed by atoms with Crippen molar-refractivity contribution in [3.8, 4) is 0 Å². The molecule has 0 aliphatic carbocycles. The summed E-state index contributed by atoms with van der Waals surface area (Å²) in [4.78, 5) is 4.99.